The van der Waals surface area contributed by atoms with Gasteiger partial charge in [0.15, 0.2) is 0 Å². The van der Waals surface area contributed by atoms with Crippen molar-refractivity contribution in [2.75, 3.05) is 84.2 Å². The van der Waals surface area contributed by atoms with E-state index in [2.05, 4.69) is 21.6 Å². The summed E-state index contributed by atoms with van der Waals surface area (Å²) in [5.74, 6) is 4.37. The Balaban J connectivity index is 3.29. The Kier molecular flexibility index (Phi) is 36.4. The molecule has 0 heterocycles. The number of hydrogen-bond acceptors (Lipinski definition) is 17. The average molecular weight is 726 g/mol. The second-order valence-corrected chi connectivity index (χ2v) is 19.2. The van der Waals surface area contributed by atoms with Crippen LogP contribution in [0.15, 0.2) is 9.98 Å². The molecule has 0 fully saturated rings. The van der Waals surface area contributed by atoms with Crippen molar-refractivity contribution >= 4 is 146 Å². The summed E-state index contributed by atoms with van der Waals surface area (Å²) in [5, 5.41) is 17.0. The summed E-state index contributed by atoms with van der Waals surface area (Å²) in [6.45, 7) is 0.159. The smallest absolute Gasteiger partial charge is 0.280 e. The zero-order chi connectivity index (χ0) is 27.1. The number of amides is 1. The lowest BCUT2D eigenvalue weighted by Gasteiger charge is -2.05. The van der Waals surface area contributed by atoms with Gasteiger partial charge in [0.25, 0.3) is 5.24 Å². The van der Waals surface area contributed by atoms with Gasteiger partial charge >= 0.3 is 0 Å². The number of thioether (sulfide) groups is 10. The first-order chi connectivity index (χ1) is 18.2. The highest BCUT2D eigenvalue weighted by Gasteiger charge is 2.02. The number of carbonyl (C=O) groups is 1. The molecule has 0 saturated heterocycles. The van der Waals surface area contributed by atoms with Crippen LogP contribution in [-0.4, -0.2) is 111 Å². The molecular weight excluding hydrogens is 691 g/mol. The summed E-state index contributed by atoms with van der Waals surface area (Å²) in [7, 11) is -1.03. The molecule has 0 aliphatic heterocycles. The second-order valence-electron chi connectivity index (χ2n) is 5.76. The van der Waals surface area contributed by atoms with E-state index >= 15 is 0 Å². The van der Waals surface area contributed by atoms with Crippen molar-refractivity contribution in [1.82, 2.24) is 5.32 Å². The van der Waals surface area contributed by atoms with Gasteiger partial charge in [0.1, 0.15) is 5.94 Å². The maximum Gasteiger partial charge on any atom is 0.280 e. The van der Waals surface area contributed by atoms with Gasteiger partial charge in [0, 0.05) is 47.8 Å². The molecule has 1 atom stereocenters. The van der Waals surface area contributed by atoms with E-state index in [1.54, 1.807) is 106 Å². The average Bonchev–Trinajstić information content (AvgIpc) is 2.90. The third kappa shape index (κ3) is 34.3. The zero-order valence-electron chi connectivity index (χ0n) is 20.5. The van der Waals surface area contributed by atoms with Crippen LogP contribution in [0.5, 0.6) is 0 Å². The molecule has 0 aliphatic carbocycles. The van der Waals surface area contributed by atoms with Crippen LogP contribution in [-0.2, 0) is 20.6 Å². The first-order valence-electron chi connectivity index (χ1n) is 10.5. The monoisotopic (exact) mass is 725 g/mol. The van der Waals surface area contributed by atoms with Crippen LogP contribution in [0.3, 0.4) is 0 Å². The van der Waals surface area contributed by atoms with E-state index in [1.807, 2.05) is 0 Å². The van der Waals surface area contributed by atoms with Crippen molar-refractivity contribution in [3.8, 4) is 0 Å². The van der Waals surface area contributed by atoms with Gasteiger partial charge in [-0.3, -0.25) is 14.0 Å². The summed E-state index contributed by atoms with van der Waals surface area (Å²) in [4.78, 5) is 29.9. The molecule has 0 aromatic carbocycles. The van der Waals surface area contributed by atoms with E-state index in [0.29, 0.717) is 35.1 Å². The topological polar surface area (TPSA) is 110 Å². The zero-order valence-corrected chi connectivity index (χ0v) is 29.5. The van der Waals surface area contributed by atoms with E-state index in [-0.39, 0.29) is 11.8 Å². The standard InChI is InChI=1S/C18H35N3O5S11/c1-27-12-29-7-19-6-25-26-11-32-15-34-16-35-17-36-18(23)21-9-31-14-33-13-30-8-20-10-37(24)5-4-28-3-2-22/h6,10,22H,2-5,7-9,11-17H2,1H3,(H,21,23). The molecule has 0 rings (SSSR count). The second kappa shape index (κ2) is 34.4. The largest absolute Gasteiger partial charge is 0.396 e. The number of nitrogens with one attached hydrogen (secondary N) is 1. The van der Waals surface area contributed by atoms with E-state index in [4.69, 9.17) is 14.9 Å². The van der Waals surface area contributed by atoms with E-state index in [9.17, 15) is 9.00 Å². The maximum atomic E-state index is 11.8. The van der Waals surface area contributed by atoms with Gasteiger partial charge < -0.3 is 15.3 Å². The third-order valence-corrected chi connectivity index (χ3v) is 14.9. The lowest BCUT2D eigenvalue weighted by molar-refractivity contribution is -0.196. The molecular formula is C18H35N3O5S11. The van der Waals surface area contributed by atoms with Gasteiger partial charge in [0.05, 0.1) is 40.6 Å². The number of aliphatic hydroxyl groups is 1. The van der Waals surface area contributed by atoms with Crippen molar-refractivity contribution in [1.29, 1.82) is 0 Å². The molecule has 0 saturated carbocycles. The third-order valence-electron chi connectivity index (χ3n) is 2.97. The van der Waals surface area contributed by atoms with Crippen LogP contribution in [0.2, 0.25) is 0 Å². The quantitative estimate of drug-likeness (QED) is 0.0246. The molecule has 0 aliphatic rings. The van der Waals surface area contributed by atoms with E-state index in [1.165, 1.54) is 23.7 Å². The highest BCUT2D eigenvalue weighted by atomic mass is 32.3. The van der Waals surface area contributed by atoms with Crippen LogP contribution in [0.4, 0.5) is 4.79 Å². The van der Waals surface area contributed by atoms with Crippen molar-refractivity contribution in [3.05, 3.63) is 0 Å². The molecule has 0 aromatic rings. The normalized spacial score (nSPS) is 12.5. The molecule has 0 aromatic heterocycles. The highest BCUT2D eigenvalue weighted by Crippen LogP contribution is 2.22. The molecule has 37 heavy (non-hydrogen) atoms. The van der Waals surface area contributed by atoms with Gasteiger partial charge in [-0.1, -0.05) is 11.8 Å². The van der Waals surface area contributed by atoms with E-state index < -0.39 is 10.8 Å². The molecule has 1 unspecified atom stereocenters. The Morgan fingerprint density at radius 2 is 1.59 bits per heavy atom. The molecule has 218 valence electrons. The predicted molar refractivity (Wildman–Crippen MR) is 188 cm³/mol. The van der Waals surface area contributed by atoms with Gasteiger partial charge in [0.2, 0.25) is 6.40 Å². The molecule has 2 N–H and O–H groups in total. The SMILES string of the molecule is CSCSCN=COOCSCSCSCSC(=O)NCSCSCSCN=CS(=O)CCSCCO. The summed E-state index contributed by atoms with van der Waals surface area (Å²) in [6, 6.07) is 0. The number of rotatable bonds is 28. The molecule has 19 heteroatoms. The Morgan fingerprint density at radius 1 is 0.892 bits per heavy atom. The lowest BCUT2D eigenvalue weighted by Crippen LogP contribution is -2.17. The first-order valence-corrected chi connectivity index (χ1v) is 23.5. The van der Waals surface area contributed by atoms with Crippen LogP contribution < -0.4 is 5.32 Å². The summed E-state index contributed by atoms with van der Waals surface area (Å²) < 4.78 is 11.7. The molecule has 0 radical (unpaired) electrons. The van der Waals surface area contributed by atoms with E-state index in [0.717, 1.165) is 36.3 Å². The van der Waals surface area contributed by atoms with Gasteiger partial charge in [-0.25, -0.2) is 4.99 Å². The molecule has 1 amide bonds. The van der Waals surface area contributed by atoms with Gasteiger partial charge in [-0.15, -0.1) is 82.3 Å². The highest BCUT2D eigenvalue weighted by molar-refractivity contribution is 8.29. The summed E-state index contributed by atoms with van der Waals surface area (Å²) in [6.07, 6.45) is 3.40. The van der Waals surface area contributed by atoms with Crippen molar-refractivity contribution in [2.24, 2.45) is 9.98 Å². The van der Waals surface area contributed by atoms with Gasteiger partial charge in [-0.05, 0) is 6.26 Å². The summed E-state index contributed by atoms with van der Waals surface area (Å²) >= 11 is 16.7. The Morgan fingerprint density at radius 3 is 2.41 bits per heavy atom. The fourth-order valence-corrected chi connectivity index (χ4v) is 11.6. The molecule has 8 nitrogen and oxygen atoms in total. The minimum atomic E-state index is -1.03. The maximum absolute atomic E-state index is 11.8. The van der Waals surface area contributed by atoms with Crippen molar-refractivity contribution in [2.45, 2.75) is 0 Å². The minimum Gasteiger partial charge on any atom is -0.396 e. The van der Waals surface area contributed by atoms with Crippen molar-refractivity contribution < 1.29 is 23.9 Å². The van der Waals surface area contributed by atoms with Gasteiger partial charge in [-0.2, -0.15) is 28.4 Å². The fourth-order valence-electron chi connectivity index (χ4n) is 1.56. The number of aliphatic hydroxyl groups excluding tert-OH is 1. The predicted octanol–water partition coefficient (Wildman–Crippen LogP) is 5.98. The molecule has 0 spiro atoms. The lowest BCUT2D eigenvalue weighted by atomic mass is 10.9. The van der Waals surface area contributed by atoms with Crippen LogP contribution >= 0.6 is 118 Å². The Labute approximate surface area is 266 Å². The van der Waals surface area contributed by atoms with Crippen molar-refractivity contribution in [3.63, 3.8) is 0 Å². The number of carbonyl (C=O) groups excluding carboxylic acids is 1. The number of hydrogen-bond donors (Lipinski definition) is 2. The van der Waals surface area contributed by atoms with Crippen LogP contribution in [0.25, 0.3) is 0 Å². The first kappa shape index (κ1) is 39.2. The van der Waals surface area contributed by atoms with Crippen LogP contribution in [0.1, 0.15) is 0 Å². The number of aliphatic imine (C=N–C) groups is 2. The fraction of sp³-hybridized carbons (Fsp3) is 0.833. The Bertz CT molecular complexity index is 598. The minimum absolute atomic E-state index is 0.00918. The Hall–Kier alpha value is 2.18. The molecule has 0 bridgehead atoms. The summed E-state index contributed by atoms with van der Waals surface area (Å²) in [5.41, 5.74) is 1.52. The number of nitrogens with zero attached hydrogens (tertiary/aromatic N) is 2. The van der Waals surface area contributed by atoms with Crippen LogP contribution in [0, 0.1) is 0 Å².